The number of amides is 3. The van der Waals surface area contributed by atoms with Crippen LogP contribution in [-0.2, 0) is 14.4 Å². The van der Waals surface area contributed by atoms with Gasteiger partial charge in [0.25, 0.3) is 5.91 Å². The van der Waals surface area contributed by atoms with Crippen molar-refractivity contribution in [2.45, 2.75) is 75.3 Å². The van der Waals surface area contributed by atoms with E-state index in [2.05, 4.69) is 13.2 Å². The molecular formula is C32H45N3O4S. The first-order valence-electron chi connectivity index (χ1n) is 14.7. The molecule has 3 heterocycles. The Labute approximate surface area is 243 Å². The van der Waals surface area contributed by atoms with Gasteiger partial charge in [-0.05, 0) is 63.5 Å². The molecule has 3 fully saturated rings. The number of para-hydroxylation sites is 1. The summed E-state index contributed by atoms with van der Waals surface area (Å²) in [5.74, 6) is -1.07. The molecule has 3 saturated heterocycles. The monoisotopic (exact) mass is 567 g/mol. The quantitative estimate of drug-likeness (QED) is 0.265. The van der Waals surface area contributed by atoms with Crippen molar-refractivity contribution in [3.8, 4) is 0 Å². The molecule has 1 aromatic carbocycles. The van der Waals surface area contributed by atoms with Crippen LogP contribution in [0, 0.1) is 25.7 Å². The standard InChI is InChI=1S/C32H45N3O4S/c1-6-17-33(18-7-2)29(37)25-24-15-16-32(40-24)26(25)30(38)35(20-10-9-11-21-36)28(32)31(39)34(19-8-3)27-22(4)13-12-14-23(27)5/h6,8,12-14,24-26,28,36H,1,3,7,9-11,15-21H2,2,4-5H3/t24-,25+,26-,28?,32?/m0/s1. The highest BCUT2D eigenvalue weighted by Crippen LogP contribution is 2.66. The average Bonchev–Trinajstić information content (AvgIpc) is 3.57. The van der Waals surface area contributed by atoms with E-state index >= 15 is 0 Å². The van der Waals surface area contributed by atoms with E-state index in [9.17, 15) is 19.5 Å². The molecule has 1 spiro atoms. The number of carbonyl (C=O) groups is 3. The van der Waals surface area contributed by atoms with Crippen molar-refractivity contribution in [1.82, 2.24) is 9.80 Å². The van der Waals surface area contributed by atoms with Crippen molar-refractivity contribution in [3.63, 3.8) is 0 Å². The number of carbonyl (C=O) groups excluding carboxylic acids is 3. The Morgan fingerprint density at radius 3 is 2.45 bits per heavy atom. The van der Waals surface area contributed by atoms with Crippen molar-refractivity contribution < 1.29 is 19.5 Å². The Balaban J connectivity index is 1.76. The smallest absolute Gasteiger partial charge is 0.251 e. The van der Waals surface area contributed by atoms with E-state index in [1.807, 2.05) is 43.9 Å². The van der Waals surface area contributed by atoms with Crippen LogP contribution in [0.4, 0.5) is 5.69 Å². The first-order chi connectivity index (χ1) is 19.3. The van der Waals surface area contributed by atoms with Crippen molar-refractivity contribution in [3.05, 3.63) is 54.6 Å². The normalized spacial score (nSPS) is 26.6. The highest BCUT2D eigenvalue weighted by atomic mass is 32.2. The molecule has 0 aliphatic carbocycles. The van der Waals surface area contributed by atoms with Crippen LogP contribution in [0.5, 0.6) is 0 Å². The molecule has 3 amide bonds. The number of aliphatic hydroxyl groups excluding tert-OH is 1. The van der Waals surface area contributed by atoms with E-state index in [1.165, 1.54) is 0 Å². The SMILES string of the molecule is C=CCN(CCC)C(=O)[C@@H]1[C@@H]2CCC3(S2)C(C(=O)N(CC=C)c2c(C)cccc2C)N(CCCCCO)C(=O)[C@H]13. The van der Waals surface area contributed by atoms with Gasteiger partial charge in [0, 0.05) is 43.7 Å². The number of unbranched alkanes of at least 4 members (excludes halogenated alkanes) is 2. The lowest BCUT2D eigenvalue weighted by Crippen LogP contribution is -2.55. The van der Waals surface area contributed by atoms with Crippen LogP contribution in [-0.4, -0.2) is 81.5 Å². The summed E-state index contributed by atoms with van der Waals surface area (Å²) < 4.78 is -0.627. The average molecular weight is 568 g/mol. The lowest BCUT2D eigenvalue weighted by molar-refractivity contribution is -0.143. The lowest BCUT2D eigenvalue weighted by atomic mass is 9.70. The number of benzene rings is 1. The summed E-state index contributed by atoms with van der Waals surface area (Å²) in [7, 11) is 0. The van der Waals surface area contributed by atoms with Gasteiger partial charge < -0.3 is 19.8 Å². The zero-order valence-corrected chi connectivity index (χ0v) is 25.1. The first kappa shape index (κ1) is 30.4. The van der Waals surface area contributed by atoms with Gasteiger partial charge >= 0.3 is 0 Å². The number of thioether (sulfide) groups is 1. The molecule has 1 N–H and O–H groups in total. The number of rotatable bonds is 14. The van der Waals surface area contributed by atoms with Crippen LogP contribution >= 0.6 is 11.8 Å². The fraction of sp³-hybridized carbons (Fsp3) is 0.594. The molecule has 0 radical (unpaired) electrons. The van der Waals surface area contributed by atoms with Gasteiger partial charge in [0.2, 0.25) is 11.8 Å². The second kappa shape index (κ2) is 12.9. The summed E-state index contributed by atoms with van der Waals surface area (Å²) in [4.78, 5) is 48.5. The maximum absolute atomic E-state index is 14.7. The topological polar surface area (TPSA) is 81.2 Å². The van der Waals surface area contributed by atoms with E-state index in [0.717, 1.165) is 42.5 Å². The van der Waals surface area contributed by atoms with Gasteiger partial charge in [-0.15, -0.1) is 24.9 Å². The van der Waals surface area contributed by atoms with Gasteiger partial charge in [-0.2, -0.15) is 0 Å². The van der Waals surface area contributed by atoms with E-state index in [4.69, 9.17) is 0 Å². The highest BCUT2D eigenvalue weighted by molar-refractivity contribution is 8.02. The van der Waals surface area contributed by atoms with Crippen molar-refractivity contribution in [2.75, 3.05) is 37.7 Å². The number of fused-ring (bicyclic) bond motifs is 1. The Morgan fingerprint density at radius 2 is 1.82 bits per heavy atom. The Kier molecular flexibility index (Phi) is 9.83. The number of nitrogens with zero attached hydrogens (tertiary/aromatic N) is 3. The molecular weight excluding hydrogens is 522 g/mol. The van der Waals surface area contributed by atoms with Gasteiger partial charge in [0.05, 0.1) is 16.6 Å². The van der Waals surface area contributed by atoms with Crippen LogP contribution < -0.4 is 4.90 Å². The third-order valence-corrected chi connectivity index (χ3v) is 10.8. The molecule has 2 bridgehead atoms. The minimum atomic E-state index is -0.648. The summed E-state index contributed by atoms with van der Waals surface area (Å²) in [6.07, 6.45) is 8.02. The van der Waals surface area contributed by atoms with Gasteiger partial charge in [0.15, 0.2) is 0 Å². The van der Waals surface area contributed by atoms with Crippen molar-refractivity contribution in [1.29, 1.82) is 0 Å². The predicted molar refractivity (Wildman–Crippen MR) is 162 cm³/mol. The summed E-state index contributed by atoms with van der Waals surface area (Å²) in [6.45, 7) is 15.8. The maximum atomic E-state index is 14.7. The fourth-order valence-corrected chi connectivity index (χ4v) is 9.46. The molecule has 3 aliphatic rings. The second-order valence-electron chi connectivity index (χ2n) is 11.4. The zero-order chi connectivity index (χ0) is 29.0. The summed E-state index contributed by atoms with van der Waals surface area (Å²) >= 11 is 1.72. The molecule has 1 aromatic rings. The van der Waals surface area contributed by atoms with E-state index in [-0.39, 0.29) is 29.6 Å². The van der Waals surface area contributed by atoms with Crippen LogP contribution in [0.1, 0.15) is 56.6 Å². The van der Waals surface area contributed by atoms with Crippen molar-refractivity contribution >= 4 is 35.2 Å². The molecule has 4 rings (SSSR count). The minimum absolute atomic E-state index is 0.0187. The number of likely N-dealkylation sites (tertiary alicyclic amines) is 1. The van der Waals surface area contributed by atoms with Gasteiger partial charge in [-0.1, -0.05) is 37.3 Å². The second-order valence-corrected chi connectivity index (χ2v) is 13.0. The van der Waals surface area contributed by atoms with Gasteiger partial charge in [-0.3, -0.25) is 14.4 Å². The zero-order valence-electron chi connectivity index (χ0n) is 24.3. The van der Waals surface area contributed by atoms with Crippen LogP contribution in [0.2, 0.25) is 0 Å². The maximum Gasteiger partial charge on any atom is 0.251 e. The number of aryl methyl sites for hydroxylation is 2. The molecule has 0 saturated carbocycles. The molecule has 40 heavy (non-hydrogen) atoms. The molecule has 3 aliphatic heterocycles. The Hall–Kier alpha value is -2.58. The molecule has 0 aromatic heterocycles. The van der Waals surface area contributed by atoms with Crippen LogP contribution in [0.25, 0.3) is 0 Å². The Morgan fingerprint density at radius 1 is 1.12 bits per heavy atom. The van der Waals surface area contributed by atoms with Crippen LogP contribution in [0.15, 0.2) is 43.5 Å². The van der Waals surface area contributed by atoms with Gasteiger partial charge in [-0.25, -0.2) is 0 Å². The highest BCUT2D eigenvalue weighted by Gasteiger charge is 2.74. The third-order valence-electron chi connectivity index (χ3n) is 8.82. The Bertz CT molecular complexity index is 1120. The molecule has 8 heteroatoms. The number of anilines is 1. The number of hydrogen-bond donors (Lipinski definition) is 1. The summed E-state index contributed by atoms with van der Waals surface area (Å²) in [5.41, 5.74) is 2.86. The third kappa shape index (κ3) is 5.25. The minimum Gasteiger partial charge on any atom is -0.396 e. The number of hydrogen-bond acceptors (Lipinski definition) is 5. The largest absolute Gasteiger partial charge is 0.396 e. The fourth-order valence-electron chi connectivity index (χ4n) is 7.25. The van der Waals surface area contributed by atoms with E-state index < -0.39 is 22.6 Å². The van der Waals surface area contributed by atoms with E-state index in [1.54, 1.807) is 33.7 Å². The molecule has 218 valence electrons. The predicted octanol–water partition coefficient (Wildman–Crippen LogP) is 4.50. The molecule has 2 unspecified atom stereocenters. The van der Waals surface area contributed by atoms with Gasteiger partial charge in [0.1, 0.15) is 6.04 Å². The first-order valence-corrected chi connectivity index (χ1v) is 15.6. The van der Waals surface area contributed by atoms with Crippen molar-refractivity contribution in [2.24, 2.45) is 11.8 Å². The summed E-state index contributed by atoms with van der Waals surface area (Å²) in [6, 6.07) is 5.35. The molecule has 5 atom stereocenters. The van der Waals surface area contributed by atoms with E-state index in [0.29, 0.717) is 39.0 Å². The lowest BCUT2D eigenvalue weighted by Gasteiger charge is -2.38. The molecule has 7 nitrogen and oxygen atoms in total. The summed E-state index contributed by atoms with van der Waals surface area (Å²) in [5, 5.41) is 9.34. The van der Waals surface area contributed by atoms with Crippen LogP contribution in [0.3, 0.4) is 0 Å². The number of aliphatic hydroxyl groups is 1.